The second-order valence-electron chi connectivity index (χ2n) is 4.54. The molecule has 126 valence electrons. The SMILES string of the molecule is CCOc1cc(C=Cc2[nH]c(=O)[nH]c(=O)c2[N+](=O)[O-])cc(Br)c1O. The molecule has 9 nitrogen and oxygen atoms in total. The Morgan fingerprint density at radius 2 is 2.04 bits per heavy atom. The maximum Gasteiger partial charge on any atom is 0.357 e. The summed E-state index contributed by atoms with van der Waals surface area (Å²) in [6.07, 6.45) is 2.66. The molecule has 0 spiro atoms. The Morgan fingerprint density at radius 3 is 2.67 bits per heavy atom. The van der Waals surface area contributed by atoms with Gasteiger partial charge in [0.15, 0.2) is 11.5 Å². The fourth-order valence-corrected chi connectivity index (χ4v) is 2.39. The molecule has 1 aromatic heterocycles. The molecule has 10 heteroatoms. The van der Waals surface area contributed by atoms with Crippen molar-refractivity contribution in [2.24, 2.45) is 0 Å². The van der Waals surface area contributed by atoms with Gasteiger partial charge < -0.3 is 14.8 Å². The molecular weight excluding hydrogens is 386 g/mol. The zero-order valence-electron chi connectivity index (χ0n) is 12.3. The highest BCUT2D eigenvalue weighted by Gasteiger charge is 2.18. The lowest BCUT2D eigenvalue weighted by Gasteiger charge is -2.08. The minimum atomic E-state index is -1.09. The molecule has 0 atom stereocenters. The number of nitro groups is 1. The molecular formula is C14H12BrN3O6. The van der Waals surface area contributed by atoms with E-state index in [1.54, 1.807) is 18.0 Å². The predicted octanol–water partition coefficient (Wildman–Crippen LogP) is 2.01. The Morgan fingerprint density at radius 1 is 1.33 bits per heavy atom. The van der Waals surface area contributed by atoms with Gasteiger partial charge in [-0.05, 0) is 46.6 Å². The van der Waals surface area contributed by atoms with Crippen LogP contribution in [0.2, 0.25) is 0 Å². The van der Waals surface area contributed by atoms with Crippen molar-refractivity contribution in [2.75, 3.05) is 6.61 Å². The smallest absolute Gasteiger partial charge is 0.357 e. The lowest BCUT2D eigenvalue weighted by Crippen LogP contribution is -2.25. The van der Waals surface area contributed by atoms with Crippen molar-refractivity contribution >= 4 is 33.8 Å². The molecule has 2 aromatic rings. The van der Waals surface area contributed by atoms with Gasteiger partial charge in [0.25, 0.3) is 0 Å². The second-order valence-corrected chi connectivity index (χ2v) is 5.40. The lowest BCUT2D eigenvalue weighted by molar-refractivity contribution is -0.386. The highest BCUT2D eigenvalue weighted by atomic mass is 79.9. The van der Waals surface area contributed by atoms with E-state index in [0.717, 1.165) is 0 Å². The number of ether oxygens (including phenoxy) is 1. The van der Waals surface area contributed by atoms with Crippen LogP contribution in [0, 0.1) is 10.1 Å². The number of halogens is 1. The zero-order valence-corrected chi connectivity index (χ0v) is 13.9. The minimum Gasteiger partial charge on any atom is -0.503 e. The van der Waals surface area contributed by atoms with E-state index in [0.29, 0.717) is 16.6 Å². The molecule has 3 N–H and O–H groups in total. The predicted molar refractivity (Wildman–Crippen MR) is 90.2 cm³/mol. The summed E-state index contributed by atoms with van der Waals surface area (Å²) in [6, 6.07) is 3.06. The summed E-state index contributed by atoms with van der Waals surface area (Å²) in [5.41, 5.74) is -2.43. The van der Waals surface area contributed by atoms with Crippen LogP contribution in [0.25, 0.3) is 12.2 Å². The first-order chi connectivity index (χ1) is 11.3. The Hall–Kier alpha value is -2.88. The number of hydrogen-bond acceptors (Lipinski definition) is 6. The number of hydrogen-bond donors (Lipinski definition) is 3. The molecule has 2 rings (SSSR count). The van der Waals surface area contributed by atoms with Crippen LogP contribution >= 0.6 is 15.9 Å². The maximum atomic E-state index is 11.5. The summed E-state index contributed by atoms with van der Waals surface area (Å²) >= 11 is 3.17. The highest BCUT2D eigenvalue weighted by molar-refractivity contribution is 9.10. The number of nitrogens with zero attached hydrogens (tertiary/aromatic N) is 1. The van der Waals surface area contributed by atoms with Crippen molar-refractivity contribution in [3.63, 3.8) is 0 Å². The Balaban J connectivity index is 2.51. The molecule has 0 aliphatic heterocycles. The van der Waals surface area contributed by atoms with E-state index in [1.165, 1.54) is 18.2 Å². The number of aromatic nitrogens is 2. The van der Waals surface area contributed by atoms with Crippen molar-refractivity contribution < 1.29 is 14.8 Å². The average molecular weight is 398 g/mol. The minimum absolute atomic E-state index is 0.0791. The van der Waals surface area contributed by atoms with Crippen molar-refractivity contribution in [1.82, 2.24) is 9.97 Å². The number of aromatic hydroxyl groups is 1. The summed E-state index contributed by atoms with van der Waals surface area (Å²) in [5.74, 6) is 0.143. The van der Waals surface area contributed by atoms with Crippen molar-refractivity contribution in [2.45, 2.75) is 6.92 Å². The second kappa shape index (κ2) is 7.13. The standard InChI is InChI=1S/C14H12BrN3O6/c1-2-24-10-6-7(5-8(15)12(10)19)3-4-9-11(18(22)23)13(20)17-14(21)16-9/h3-6,19H,2H2,1H3,(H2,16,17,20,21). The van der Waals surface area contributed by atoms with Gasteiger partial charge in [0.2, 0.25) is 0 Å². The van der Waals surface area contributed by atoms with Gasteiger partial charge >= 0.3 is 16.9 Å². The summed E-state index contributed by atoms with van der Waals surface area (Å²) in [6.45, 7) is 2.08. The molecule has 0 aliphatic rings. The monoisotopic (exact) mass is 397 g/mol. The van der Waals surface area contributed by atoms with Gasteiger partial charge in [-0.2, -0.15) is 0 Å². The number of nitrogens with one attached hydrogen (secondary N) is 2. The zero-order chi connectivity index (χ0) is 17.9. The van der Waals surface area contributed by atoms with E-state index in [4.69, 9.17) is 4.74 Å². The van der Waals surface area contributed by atoms with Crippen LogP contribution in [0.5, 0.6) is 11.5 Å². The molecule has 0 saturated heterocycles. The fourth-order valence-electron chi connectivity index (χ4n) is 1.93. The largest absolute Gasteiger partial charge is 0.503 e. The first kappa shape index (κ1) is 17.5. The fraction of sp³-hybridized carbons (Fsp3) is 0.143. The van der Waals surface area contributed by atoms with E-state index in [1.807, 2.05) is 0 Å². The topological polar surface area (TPSA) is 138 Å². The third-order valence-electron chi connectivity index (χ3n) is 2.92. The Kier molecular flexibility index (Phi) is 5.19. The van der Waals surface area contributed by atoms with Gasteiger partial charge in [-0.1, -0.05) is 6.08 Å². The van der Waals surface area contributed by atoms with E-state index >= 15 is 0 Å². The molecule has 0 radical (unpaired) electrons. The molecule has 24 heavy (non-hydrogen) atoms. The number of rotatable bonds is 5. The van der Waals surface area contributed by atoms with Crippen LogP contribution in [0.4, 0.5) is 5.69 Å². The summed E-state index contributed by atoms with van der Waals surface area (Å²) < 4.78 is 5.64. The number of H-pyrrole nitrogens is 2. The van der Waals surface area contributed by atoms with E-state index in [9.17, 15) is 24.8 Å². The molecule has 0 saturated carbocycles. The first-order valence-electron chi connectivity index (χ1n) is 6.67. The molecule has 0 aliphatic carbocycles. The van der Waals surface area contributed by atoms with Crippen LogP contribution < -0.4 is 16.0 Å². The number of benzene rings is 1. The van der Waals surface area contributed by atoms with E-state index in [2.05, 4.69) is 20.9 Å². The maximum absolute atomic E-state index is 11.5. The van der Waals surface area contributed by atoms with Crippen molar-refractivity contribution in [1.29, 1.82) is 0 Å². The van der Waals surface area contributed by atoms with E-state index in [-0.39, 0.29) is 17.2 Å². The third kappa shape index (κ3) is 3.71. The van der Waals surface area contributed by atoms with Gasteiger partial charge in [0.1, 0.15) is 5.69 Å². The summed E-state index contributed by atoms with van der Waals surface area (Å²) in [4.78, 5) is 36.9. The van der Waals surface area contributed by atoms with Gasteiger partial charge in [0.05, 0.1) is 16.0 Å². The Labute approximate surface area is 142 Å². The number of phenols is 1. The molecule has 0 bridgehead atoms. The molecule has 1 aromatic carbocycles. The Bertz CT molecular complexity index is 931. The van der Waals surface area contributed by atoms with Gasteiger partial charge in [-0.15, -0.1) is 0 Å². The molecule has 0 fully saturated rings. The lowest BCUT2D eigenvalue weighted by atomic mass is 10.1. The van der Waals surface area contributed by atoms with Crippen LogP contribution in [0.15, 0.2) is 26.2 Å². The van der Waals surface area contributed by atoms with Crippen molar-refractivity contribution in [3.05, 3.63) is 58.8 Å². The third-order valence-corrected chi connectivity index (χ3v) is 3.53. The van der Waals surface area contributed by atoms with Crippen molar-refractivity contribution in [3.8, 4) is 11.5 Å². The number of aromatic amines is 2. The van der Waals surface area contributed by atoms with Crippen LogP contribution in [0.1, 0.15) is 18.2 Å². The van der Waals surface area contributed by atoms with Gasteiger partial charge in [-0.25, -0.2) is 4.79 Å². The normalized spacial score (nSPS) is 10.9. The van der Waals surface area contributed by atoms with Crippen LogP contribution in [-0.4, -0.2) is 26.6 Å². The quantitative estimate of drug-likeness (QED) is 0.520. The van der Waals surface area contributed by atoms with E-state index < -0.39 is 21.9 Å². The molecule has 0 amide bonds. The average Bonchev–Trinajstić information content (AvgIpc) is 2.49. The van der Waals surface area contributed by atoms with Crippen LogP contribution in [0.3, 0.4) is 0 Å². The summed E-state index contributed by atoms with van der Waals surface area (Å²) in [7, 11) is 0. The summed E-state index contributed by atoms with van der Waals surface area (Å²) in [5, 5.41) is 20.8. The molecule has 0 unspecified atom stereocenters. The molecule has 1 heterocycles. The highest BCUT2D eigenvalue weighted by Crippen LogP contribution is 2.36. The van der Waals surface area contributed by atoms with Gasteiger partial charge in [-0.3, -0.25) is 19.9 Å². The first-order valence-corrected chi connectivity index (χ1v) is 7.47. The van der Waals surface area contributed by atoms with Crippen LogP contribution in [-0.2, 0) is 0 Å². The van der Waals surface area contributed by atoms with Gasteiger partial charge in [0, 0.05) is 0 Å². The number of phenolic OH excluding ortho intramolecular Hbond substituents is 1.